The highest BCUT2D eigenvalue weighted by Gasteiger charge is 2.32. The number of alkyl halides is 3. The lowest BCUT2D eigenvalue weighted by Crippen LogP contribution is -2.07. The smallest absolute Gasteiger partial charge is 0.385 e. The lowest BCUT2D eigenvalue weighted by atomic mass is 10.3. The lowest BCUT2D eigenvalue weighted by molar-refractivity contribution is -0.141. The van der Waals surface area contributed by atoms with E-state index in [9.17, 15) is 13.2 Å². The molecule has 1 aromatic rings. The molecule has 0 saturated carbocycles. The zero-order valence-electron chi connectivity index (χ0n) is 7.39. The second-order valence-electron chi connectivity index (χ2n) is 2.49. The molecule has 1 rings (SSSR count). The van der Waals surface area contributed by atoms with Gasteiger partial charge in [0.15, 0.2) is 0 Å². The van der Waals surface area contributed by atoms with E-state index in [-0.39, 0.29) is 5.69 Å². The van der Waals surface area contributed by atoms with E-state index in [1.54, 1.807) is 7.05 Å². The van der Waals surface area contributed by atoms with Gasteiger partial charge in [-0.25, -0.2) is 4.98 Å². The molecule has 3 nitrogen and oxygen atoms in total. The third-order valence-corrected chi connectivity index (χ3v) is 1.61. The third kappa shape index (κ3) is 2.01. The van der Waals surface area contributed by atoms with Crippen LogP contribution in [0.15, 0.2) is 17.3 Å². The van der Waals surface area contributed by atoms with Crippen LogP contribution in [0.3, 0.4) is 0 Å². The van der Waals surface area contributed by atoms with E-state index in [1.165, 1.54) is 0 Å². The molecule has 0 aliphatic heterocycles. The first-order valence-electron chi connectivity index (χ1n) is 3.70. The van der Waals surface area contributed by atoms with E-state index in [2.05, 4.69) is 22.0 Å². The van der Waals surface area contributed by atoms with Crippen molar-refractivity contribution in [3.8, 4) is 0 Å². The number of hydrogen-bond donors (Lipinski definition) is 1. The second-order valence-corrected chi connectivity index (χ2v) is 2.49. The maximum absolute atomic E-state index is 12.2. The van der Waals surface area contributed by atoms with Crippen LogP contribution in [0, 0.1) is 0 Å². The highest BCUT2D eigenvalue weighted by molar-refractivity contribution is 5.66. The fraction of sp³-hybridized carbons (Fsp3) is 0.250. The van der Waals surface area contributed by atoms with Crippen LogP contribution >= 0.6 is 0 Å². The summed E-state index contributed by atoms with van der Waals surface area (Å²) in [5, 5.41) is 2.66. The van der Waals surface area contributed by atoms with E-state index in [0.717, 1.165) is 12.3 Å². The number of pyridine rings is 1. The molecule has 1 aromatic heterocycles. The fourth-order valence-corrected chi connectivity index (χ4v) is 0.923. The Morgan fingerprint density at radius 3 is 2.57 bits per heavy atom. The molecular weight excluding hydrogens is 195 g/mol. The minimum atomic E-state index is -4.45. The quantitative estimate of drug-likeness (QED) is 0.749. The first-order chi connectivity index (χ1) is 6.49. The summed E-state index contributed by atoms with van der Waals surface area (Å²) in [6.45, 7) is 3.18. The number of aliphatic imine (C=N–C) groups is 1. The molecule has 1 heterocycles. The van der Waals surface area contributed by atoms with Gasteiger partial charge in [-0.1, -0.05) is 0 Å². The minimum Gasteiger partial charge on any atom is -0.385 e. The van der Waals surface area contributed by atoms with Crippen LogP contribution in [-0.4, -0.2) is 18.7 Å². The van der Waals surface area contributed by atoms with Crippen molar-refractivity contribution in [1.82, 2.24) is 4.98 Å². The number of anilines is 1. The summed E-state index contributed by atoms with van der Waals surface area (Å²) in [5.41, 5.74) is -0.429. The summed E-state index contributed by atoms with van der Waals surface area (Å²) in [6.07, 6.45) is -3.38. The van der Waals surface area contributed by atoms with Gasteiger partial charge in [-0.15, -0.1) is 0 Å². The summed E-state index contributed by atoms with van der Waals surface area (Å²) in [7, 11) is 1.57. The fourth-order valence-electron chi connectivity index (χ4n) is 0.923. The Balaban J connectivity index is 3.21. The molecule has 0 amide bonds. The minimum absolute atomic E-state index is 0.134. The van der Waals surface area contributed by atoms with Gasteiger partial charge < -0.3 is 5.32 Å². The van der Waals surface area contributed by atoms with Crippen LogP contribution in [0.5, 0.6) is 0 Å². The van der Waals surface area contributed by atoms with Gasteiger partial charge in [-0.3, -0.25) is 4.99 Å². The molecule has 0 aliphatic rings. The number of aromatic nitrogens is 1. The van der Waals surface area contributed by atoms with E-state index >= 15 is 0 Å². The van der Waals surface area contributed by atoms with Crippen LogP contribution in [0.1, 0.15) is 5.69 Å². The predicted molar refractivity (Wildman–Crippen MR) is 48.0 cm³/mol. The first-order valence-corrected chi connectivity index (χ1v) is 3.70. The van der Waals surface area contributed by atoms with Crippen LogP contribution in [-0.2, 0) is 6.18 Å². The number of nitrogens with one attached hydrogen (secondary N) is 1. The normalized spacial score (nSPS) is 11.1. The van der Waals surface area contributed by atoms with E-state index < -0.39 is 11.9 Å². The molecule has 0 radical (unpaired) electrons. The largest absolute Gasteiger partial charge is 0.433 e. The van der Waals surface area contributed by atoms with E-state index in [0.29, 0.717) is 5.69 Å². The summed E-state index contributed by atoms with van der Waals surface area (Å²) in [4.78, 5) is 6.72. The van der Waals surface area contributed by atoms with E-state index in [1.807, 2.05) is 0 Å². The van der Waals surface area contributed by atoms with Crippen LogP contribution in [0.4, 0.5) is 24.5 Å². The van der Waals surface area contributed by atoms with E-state index in [4.69, 9.17) is 0 Å². The molecule has 0 bridgehead atoms. The Morgan fingerprint density at radius 1 is 1.50 bits per heavy atom. The molecular formula is C8H8F3N3. The predicted octanol–water partition coefficient (Wildman–Crippen LogP) is 2.47. The molecule has 0 aliphatic carbocycles. The zero-order valence-corrected chi connectivity index (χ0v) is 7.39. The van der Waals surface area contributed by atoms with Gasteiger partial charge in [0.1, 0.15) is 5.69 Å². The van der Waals surface area contributed by atoms with Gasteiger partial charge in [0, 0.05) is 7.05 Å². The van der Waals surface area contributed by atoms with Crippen molar-refractivity contribution in [3.63, 3.8) is 0 Å². The molecule has 0 aromatic carbocycles. The molecule has 0 saturated heterocycles. The van der Waals surface area contributed by atoms with Gasteiger partial charge in [0.2, 0.25) is 0 Å². The van der Waals surface area contributed by atoms with Crippen molar-refractivity contribution >= 4 is 18.1 Å². The number of halogens is 3. The van der Waals surface area contributed by atoms with Crippen LogP contribution in [0.2, 0.25) is 0 Å². The Hall–Kier alpha value is -1.59. The van der Waals surface area contributed by atoms with Crippen molar-refractivity contribution in [2.45, 2.75) is 6.18 Å². The van der Waals surface area contributed by atoms with Gasteiger partial charge in [0.05, 0.1) is 17.6 Å². The lowest BCUT2D eigenvalue weighted by Gasteiger charge is -2.08. The Kier molecular flexibility index (Phi) is 2.73. The maximum atomic E-state index is 12.2. The van der Waals surface area contributed by atoms with Crippen molar-refractivity contribution < 1.29 is 13.2 Å². The van der Waals surface area contributed by atoms with Crippen LogP contribution < -0.4 is 5.32 Å². The maximum Gasteiger partial charge on any atom is 0.433 e. The van der Waals surface area contributed by atoms with Gasteiger partial charge in [0.25, 0.3) is 0 Å². The average molecular weight is 203 g/mol. The molecule has 0 unspecified atom stereocenters. The molecule has 0 fully saturated rings. The molecule has 1 N–H and O–H groups in total. The van der Waals surface area contributed by atoms with Crippen molar-refractivity contribution in [2.75, 3.05) is 12.4 Å². The summed E-state index contributed by atoms with van der Waals surface area (Å²) < 4.78 is 36.6. The molecule has 0 atom stereocenters. The number of rotatable bonds is 2. The molecule has 14 heavy (non-hydrogen) atoms. The summed E-state index contributed by atoms with van der Waals surface area (Å²) in [5.74, 6) is 0. The highest BCUT2D eigenvalue weighted by atomic mass is 19.4. The van der Waals surface area contributed by atoms with Crippen LogP contribution in [0.25, 0.3) is 0 Å². The standard InChI is InChI=1S/C8H8F3N3/c1-12-5-3-7(8(9,10)11)14-4-6(5)13-2/h3-4,13H,1H2,2H3. The number of nitrogens with zero attached hydrogens (tertiary/aromatic N) is 2. The zero-order chi connectivity index (χ0) is 10.8. The monoisotopic (exact) mass is 203 g/mol. The van der Waals surface area contributed by atoms with Gasteiger partial charge >= 0.3 is 6.18 Å². The summed E-state index contributed by atoms with van der Waals surface area (Å²) in [6, 6.07) is 0.846. The molecule has 0 spiro atoms. The van der Waals surface area contributed by atoms with Gasteiger partial charge in [-0.05, 0) is 12.8 Å². The Morgan fingerprint density at radius 2 is 2.14 bits per heavy atom. The summed E-state index contributed by atoms with van der Waals surface area (Å²) >= 11 is 0. The van der Waals surface area contributed by atoms with Crippen molar-refractivity contribution in [1.29, 1.82) is 0 Å². The third-order valence-electron chi connectivity index (χ3n) is 1.61. The van der Waals surface area contributed by atoms with Crippen molar-refractivity contribution in [3.05, 3.63) is 18.0 Å². The topological polar surface area (TPSA) is 37.3 Å². The SMILES string of the molecule is C=Nc1cc(C(F)(F)F)ncc1NC. The van der Waals surface area contributed by atoms with Crippen molar-refractivity contribution in [2.24, 2.45) is 4.99 Å². The molecule has 76 valence electrons. The molecule has 6 heteroatoms. The number of hydrogen-bond acceptors (Lipinski definition) is 3. The second kappa shape index (κ2) is 3.65. The Bertz CT molecular complexity index is 346. The highest BCUT2D eigenvalue weighted by Crippen LogP contribution is 2.32. The van der Waals surface area contributed by atoms with Gasteiger partial charge in [-0.2, -0.15) is 13.2 Å². The first kappa shape index (κ1) is 10.5. The Labute approximate surface area is 78.7 Å². The average Bonchev–Trinajstić information content (AvgIpc) is 2.15.